The van der Waals surface area contributed by atoms with Crippen LogP contribution in [0.2, 0.25) is 0 Å². The van der Waals surface area contributed by atoms with E-state index in [9.17, 15) is 14.4 Å². The largest absolute Gasteiger partial charge is 0.383 e. The van der Waals surface area contributed by atoms with Crippen molar-refractivity contribution in [1.29, 1.82) is 0 Å². The minimum absolute atomic E-state index is 0.00945. The molecule has 1 aliphatic carbocycles. The van der Waals surface area contributed by atoms with E-state index >= 15 is 0 Å². The Bertz CT molecular complexity index is 1290. The number of hydrogen-bond acceptors (Lipinski definition) is 7. The number of aromatic amines is 1. The molecule has 1 saturated carbocycles. The van der Waals surface area contributed by atoms with Crippen molar-refractivity contribution in [1.82, 2.24) is 24.3 Å². The third kappa shape index (κ3) is 5.50. The van der Waals surface area contributed by atoms with Gasteiger partial charge in [0.2, 0.25) is 5.91 Å². The standard InChI is InChI=1S/C24H31N7O3S/c1-3-5-13-30(18(32)15-35-24-28-27-21(17-11-12-17)29(24)4-2)19-20(25)31(23(34)26-22(19)33)14-16-9-7-6-8-10-16/h6-10,17H,3-5,11-15,25H2,1-2H3,(H,26,33,34). The number of unbranched alkanes of at least 4 members (excludes halogenated alkanes) is 1. The van der Waals surface area contributed by atoms with Crippen molar-refractivity contribution in [2.45, 2.75) is 63.7 Å². The molecule has 1 aliphatic rings. The lowest BCUT2D eigenvalue weighted by atomic mass is 10.2. The lowest BCUT2D eigenvalue weighted by Crippen LogP contribution is -2.42. The van der Waals surface area contributed by atoms with Gasteiger partial charge in [0, 0.05) is 19.0 Å². The maximum atomic E-state index is 13.4. The van der Waals surface area contributed by atoms with Crippen molar-refractivity contribution >= 4 is 29.2 Å². The van der Waals surface area contributed by atoms with Gasteiger partial charge in [0.1, 0.15) is 11.6 Å². The van der Waals surface area contributed by atoms with Crippen LogP contribution in [0.15, 0.2) is 45.1 Å². The SMILES string of the molecule is CCCCN(C(=O)CSc1nnc(C2CC2)n1CC)c1c(N)n(Cc2ccccc2)c(=O)[nH]c1=O. The molecule has 0 spiro atoms. The molecule has 0 aliphatic heterocycles. The van der Waals surface area contributed by atoms with Crippen molar-refractivity contribution in [2.75, 3.05) is 22.9 Å². The van der Waals surface area contributed by atoms with Crippen molar-refractivity contribution in [2.24, 2.45) is 0 Å². The Labute approximate surface area is 207 Å². The third-order valence-electron chi connectivity index (χ3n) is 6.03. The van der Waals surface area contributed by atoms with E-state index in [1.807, 2.05) is 48.7 Å². The highest BCUT2D eigenvalue weighted by Gasteiger charge is 2.30. The predicted molar refractivity (Wildman–Crippen MR) is 137 cm³/mol. The number of rotatable bonds is 11. The number of benzene rings is 1. The van der Waals surface area contributed by atoms with Gasteiger partial charge in [-0.2, -0.15) is 0 Å². The van der Waals surface area contributed by atoms with Gasteiger partial charge in [-0.25, -0.2) is 4.79 Å². The highest BCUT2D eigenvalue weighted by atomic mass is 32.2. The average Bonchev–Trinajstić information content (AvgIpc) is 3.62. The number of carbonyl (C=O) groups excluding carboxylic acids is 1. The molecule has 0 unspecified atom stereocenters. The molecule has 1 amide bonds. The molecular weight excluding hydrogens is 466 g/mol. The van der Waals surface area contributed by atoms with Crippen molar-refractivity contribution in [3.05, 3.63) is 62.6 Å². The lowest BCUT2D eigenvalue weighted by Gasteiger charge is -2.24. The molecule has 1 aromatic carbocycles. The van der Waals surface area contributed by atoms with Gasteiger partial charge in [0.25, 0.3) is 5.56 Å². The Balaban J connectivity index is 1.61. The smallest absolute Gasteiger partial charge is 0.330 e. The van der Waals surface area contributed by atoms with E-state index in [2.05, 4.69) is 15.2 Å². The highest BCUT2D eigenvalue weighted by molar-refractivity contribution is 7.99. The number of anilines is 2. The number of nitrogens with zero attached hydrogens (tertiary/aromatic N) is 5. The predicted octanol–water partition coefficient (Wildman–Crippen LogP) is 2.58. The summed E-state index contributed by atoms with van der Waals surface area (Å²) in [5, 5.41) is 9.30. The fourth-order valence-corrected chi connectivity index (χ4v) is 4.88. The summed E-state index contributed by atoms with van der Waals surface area (Å²) in [4.78, 5) is 42.6. The van der Waals surface area contributed by atoms with Gasteiger partial charge in [-0.1, -0.05) is 55.4 Å². The minimum atomic E-state index is -0.668. The van der Waals surface area contributed by atoms with Crippen LogP contribution in [0.5, 0.6) is 0 Å². The second-order valence-corrected chi connectivity index (χ2v) is 9.55. The van der Waals surface area contributed by atoms with E-state index in [1.165, 1.54) is 21.2 Å². The number of aromatic nitrogens is 5. The van der Waals surface area contributed by atoms with E-state index < -0.39 is 11.2 Å². The van der Waals surface area contributed by atoms with E-state index in [4.69, 9.17) is 5.73 Å². The highest BCUT2D eigenvalue weighted by Crippen LogP contribution is 2.40. The summed E-state index contributed by atoms with van der Waals surface area (Å²) < 4.78 is 3.34. The second kappa shape index (κ2) is 10.9. The van der Waals surface area contributed by atoms with Crippen molar-refractivity contribution in [3.8, 4) is 0 Å². The van der Waals surface area contributed by atoms with Gasteiger partial charge in [-0.15, -0.1) is 10.2 Å². The quantitative estimate of drug-likeness (QED) is 0.389. The lowest BCUT2D eigenvalue weighted by molar-refractivity contribution is -0.116. The first-order valence-corrected chi connectivity index (χ1v) is 13.0. The fraction of sp³-hybridized carbons (Fsp3) is 0.458. The number of thioether (sulfide) groups is 1. The Kier molecular flexibility index (Phi) is 7.74. The van der Waals surface area contributed by atoms with Crippen molar-refractivity contribution < 1.29 is 4.79 Å². The number of H-pyrrole nitrogens is 1. The molecular formula is C24H31N7O3S. The van der Waals surface area contributed by atoms with Gasteiger partial charge in [-0.3, -0.25) is 19.1 Å². The van der Waals surface area contributed by atoms with Crippen LogP contribution in [0.1, 0.15) is 56.8 Å². The molecule has 4 rings (SSSR count). The van der Waals surface area contributed by atoms with Crippen LogP contribution in [0.25, 0.3) is 0 Å². The average molecular weight is 498 g/mol. The molecule has 0 bridgehead atoms. The van der Waals surface area contributed by atoms with Gasteiger partial charge < -0.3 is 15.2 Å². The topological polar surface area (TPSA) is 132 Å². The maximum absolute atomic E-state index is 13.4. The summed E-state index contributed by atoms with van der Waals surface area (Å²) in [6.45, 7) is 5.27. The van der Waals surface area contributed by atoms with Crippen LogP contribution in [0.3, 0.4) is 0 Å². The third-order valence-corrected chi connectivity index (χ3v) is 6.98. The van der Waals surface area contributed by atoms with Crippen LogP contribution in [0.4, 0.5) is 11.5 Å². The van der Waals surface area contributed by atoms with E-state index in [0.717, 1.165) is 37.2 Å². The molecule has 0 saturated heterocycles. The Morgan fingerprint density at radius 3 is 2.57 bits per heavy atom. The van der Waals surface area contributed by atoms with Crippen LogP contribution >= 0.6 is 11.8 Å². The summed E-state index contributed by atoms with van der Waals surface area (Å²) in [7, 11) is 0. The molecule has 0 radical (unpaired) electrons. The molecule has 186 valence electrons. The Morgan fingerprint density at radius 2 is 1.91 bits per heavy atom. The zero-order valence-electron chi connectivity index (χ0n) is 20.1. The van der Waals surface area contributed by atoms with Crippen LogP contribution in [-0.4, -0.2) is 42.5 Å². The first kappa shape index (κ1) is 24.8. The van der Waals surface area contributed by atoms with Crippen LogP contribution < -0.4 is 21.9 Å². The molecule has 0 atom stereocenters. The Hall–Kier alpha value is -3.34. The maximum Gasteiger partial charge on any atom is 0.330 e. The zero-order valence-corrected chi connectivity index (χ0v) is 20.9. The summed E-state index contributed by atoms with van der Waals surface area (Å²) in [6.07, 6.45) is 3.75. The van der Waals surface area contributed by atoms with E-state index in [0.29, 0.717) is 24.0 Å². The molecule has 3 N–H and O–H groups in total. The minimum Gasteiger partial charge on any atom is -0.383 e. The summed E-state index contributed by atoms with van der Waals surface area (Å²) >= 11 is 1.30. The molecule has 3 aromatic rings. The summed E-state index contributed by atoms with van der Waals surface area (Å²) in [6, 6.07) is 9.34. The van der Waals surface area contributed by atoms with Crippen LogP contribution in [0, 0.1) is 0 Å². The normalized spacial score (nSPS) is 13.2. The molecule has 10 nitrogen and oxygen atoms in total. The first-order valence-electron chi connectivity index (χ1n) is 12.0. The first-order chi connectivity index (χ1) is 16.9. The molecule has 11 heteroatoms. The molecule has 35 heavy (non-hydrogen) atoms. The van der Waals surface area contributed by atoms with Gasteiger partial charge in [0.15, 0.2) is 10.8 Å². The molecule has 1 fully saturated rings. The van der Waals surface area contributed by atoms with E-state index in [1.54, 1.807) is 0 Å². The number of hydrogen-bond donors (Lipinski definition) is 2. The van der Waals surface area contributed by atoms with Crippen molar-refractivity contribution in [3.63, 3.8) is 0 Å². The van der Waals surface area contributed by atoms with Gasteiger partial charge in [-0.05, 0) is 31.7 Å². The molecule has 2 heterocycles. The second-order valence-electron chi connectivity index (χ2n) is 8.61. The van der Waals surface area contributed by atoms with Crippen LogP contribution in [-0.2, 0) is 17.9 Å². The number of nitrogen functional groups attached to an aromatic ring is 1. The van der Waals surface area contributed by atoms with E-state index in [-0.39, 0.29) is 29.7 Å². The van der Waals surface area contributed by atoms with Gasteiger partial charge in [0.05, 0.1) is 12.3 Å². The number of nitrogens with two attached hydrogens (primary N) is 1. The number of carbonyl (C=O) groups is 1. The number of amides is 1. The zero-order chi connectivity index (χ0) is 24.9. The van der Waals surface area contributed by atoms with Gasteiger partial charge >= 0.3 is 5.69 Å². The summed E-state index contributed by atoms with van der Waals surface area (Å²) in [5.74, 6) is 1.20. The molecule has 2 aromatic heterocycles. The fourth-order valence-electron chi connectivity index (χ4n) is 3.99. The summed E-state index contributed by atoms with van der Waals surface area (Å²) in [5.41, 5.74) is 5.94. The Morgan fingerprint density at radius 1 is 1.17 bits per heavy atom. The number of nitrogens with one attached hydrogen (secondary N) is 1. The monoisotopic (exact) mass is 497 g/mol.